The van der Waals surface area contributed by atoms with E-state index in [2.05, 4.69) is 39.8 Å². The molecular weight excluding hydrogens is 362 g/mol. The highest BCUT2D eigenvalue weighted by molar-refractivity contribution is 5.96. The standard InChI is InChI=1S/C24H31N3O2/c1-16-12-17(2)24(18(3)13-16)26-22(28)14-25-23(29)15-27(4)21-11-7-9-19-8-5-6-10-20(19)21/h5-6,8,10,12-13,21H,7,9,11,14-15H2,1-4H3,(H,25,29)(H,26,28)/t21-/m1/s1. The van der Waals surface area contributed by atoms with Crippen LogP contribution in [0.2, 0.25) is 0 Å². The van der Waals surface area contributed by atoms with Gasteiger partial charge in [0.1, 0.15) is 0 Å². The minimum Gasteiger partial charge on any atom is -0.346 e. The summed E-state index contributed by atoms with van der Waals surface area (Å²) < 4.78 is 0. The van der Waals surface area contributed by atoms with E-state index >= 15 is 0 Å². The van der Waals surface area contributed by atoms with E-state index in [1.54, 1.807) is 0 Å². The molecule has 0 radical (unpaired) electrons. The molecule has 0 heterocycles. The van der Waals surface area contributed by atoms with Gasteiger partial charge in [-0.1, -0.05) is 42.0 Å². The van der Waals surface area contributed by atoms with Gasteiger partial charge in [0.25, 0.3) is 0 Å². The van der Waals surface area contributed by atoms with Gasteiger partial charge in [-0.15, -0.1) is 0 Å². The van der Waals surface area contributed by atoms with Crippen molar-refractivity contribution >= 4 is 17.5 Å². The summed E-state index contributed by atoms with van der Waals surface area (Å²) in [5.41, 5.74) is 6.73. The number of likely N-dealkylation sites (N-methyl/N-ethyl adjacent to an activating group) is 1. The first-order chi connectivity index (χ1) is 13.8. The molecule has 3 rings (SSSR count). The summed E-state index contributed by atoms with van der Waals surface area (Å²) in [7, 11) is 1.98. The number of anilines is 1. The zero-order valence-electron chi connectivity index (χ0n) is 17.8. The second kappa shape index (κ2) is 9.23. The van der Waals surface area contributed by atoms with E-state index in [1.807, 2.05) is 40.0 Å². The van der Waals surface area contributed by atoms with Crippen LogP contribution in [-0.2, 0) is 16.0 Å². The van der Waals surface area contributed by atoms with Gasteiger partial charge in [0.2, 0.25) is 11.8 Å². The highest BCUT2D eigenvalue weighted by Gasteiger charge is 2.24. The lowest BCUT2D eigenvalue weighted by Gasteiger charge is -2.32. The minimum absolute atomic E-state index is 0.0271. The van der Waals surface area contributed by atoms with E-state index in [4.69, 9.17) is 0 Å². The molecule has 0 saturated heterocycles. The Morgan fingerprint density at radius 2 is 1.76 bits per heavy atom. The molecular formula is C24H31N3O2. The second-order valence-corrected chi connectivity index (χ2v) is 8.12. The number of benzene rings is 2. The van der Waals surface area contributed by atoms with Crippen molar-refractivity contribution in [1.29, 1.82) is 0 Å². The van der Waals surface area contributed by atoms with E-state index in [0.717, 1.165) is 36.1 Å². The number of rotatable bonds is 6. The van der Waals surface area contributed by atoms with Gasteiger partial charge in [-0.3, -0.25) is 14.5 Å². The summed E-state index contributed by atoms with van der Waals surface area (Å²) in [6, 6.07) is 12.8. The minimum atomic E-state index is -0.209. The molecule has 0 fully saturated rings. The zero-order valence-corrected chi connectivity index (χ0v) is 17.8. The topological polar surface area (TPSA) is 61.4 Å². The molecule has 0 saturated carbocycles. The van der Waals surface area contributed by atoms with Crippen molar-refractivity contribution in [3.63, 3.8) is 0 Å². The largest absolute Gasteiger partial charge is 0.346 e. The number of amides is 2. The maximum atomic E-state index is 12.4. The molecule has 2 aromatic rings. The summed E-state index contributed by atoms with van der Waals surface area (Å²) in [5, 5.41) is 5.68. The van der Waals surface area contributed by atoms with Crippen LogP contribution in [0.25, 0.3) is 0 Å². The third kappa shape index (κ3) is 5.24. The Morgan fingerprint density at radius 3 is 2.48 bits per heavy atom. The molecule has 5 nitrogen and oxygen atoms in total. The first-order valence-electron chi connectivity index (χ1n) is 10.3. The van der Waals surface area contributed by atoms with Gasteiger partial charge in [0.05, 0.1) is 13.1 Å². The Bertz CT molecular complexity index is 884. The van der Waals surface area contributed by atoms with Crippen LogP contribution in [0.4, 0.5) is 5.69 Å². The van der Waals surface area contributed by atoms with Crippen molar-refractivity contribution in [2.75, 3.05) is 25.5 Å². The Hall–Kier alpha value is -2.66. The molecule has 5 heteroatoms. The van der Waals surface area contributed by atoms with Crippen LogP contribution >= 0.6 is 0 Å². The van der Waals surface area contributed by atoms with Crippen molar-refractivity contribution in [3.8, 4) is 0 Å². The van der Waals surface area contributed by atoms with E-state index < -0.39 is 0 Å². The highest BCUT2D eigenvalue weighted by Crippen LogP contribution is 2.33. The quantitative estimate of drug-likeness (QED) is 0.787. The summed E-state index contributed by atoms with van der Waals surface area (Å²) in [6.45, 7) is 6.24. The van der Waals surface area contributed by atoms with Gasteiger partial charge in [0.15, 0.2) is 0 Å². The molecule has 0 unspecified atom stereocenters. The van der Waals surface area contributed by atoms with Crippen LogP contribution < -0.4 is 10.6 Å². The van der Waals surface area contributed by atoms with Gasteiger partial charge in [-0.05, 0) is 69.3 Å². The van der Waals surface area contributed by atoms with Gasteiger partial charge in [-0.2, -0.15) is 0 Å². The van der Waals surface area contributed by atoms with Gasteiger partial charge in [0, 0.05) is 11.7 Å². The second-order valence-electron chi connectivity index (χ2n) is 8.12. The maximum absolute atomic E-state index is 12.4. The summed E-state index contributed by atoms with van der Waals surface area (Å²) in [6.07, 6.45) is 3.28. The SMILES string of the molecule is Cc1cc(C)c(NC(=O)CNC(=O)CN(C)[C@@H]2CCCc3ccccc32)c(C)c1. The molecule has 0 bridgehead atoms. The van der Waals surface area contributed by atoms with Crippen molar-refractivity contribution in [2.24, 2.45) is 0 Å². The molecule has 0 spiro atoms. The highest BCUT2D eigenvalue weighted by atomic mass is 16.2. The fourth-order valence-electron chi connectivity index (χ4n) is 4.32. The van der Waals surface area contributed by atoms with Gasteiger partial charge in [-0.25, -0.2) is 0 Å². The lowest BCUT2D eigenvalue weighted by Crippen LogP contribution is -2.41. The lowest BCUT2D eigenvalue weighted by atomic mass is 9.87. The molecule has 0 aliphatic heterocycles. The monoisotopic (exact) mass is 393 g/mol. The van der Waals surface area contributed by atoms with Crippen molar-refractivity contribution in [3.05, 3.63) is 64.2 Å². The van der Waals surface area contributed by atoms with Gasteiger partial charge >= 0.3 is 0 Å². The summed E-state index contributed by atoms with van der Waals surface area (Å²) in [4.78, 5) is 26.8. The number of fused-ring (bicyclic) bond motifs is 1. The van der Waals surface area contributed by atoms with Crippen LogP contribution in [0.3, 0.4) is 0 Å². The lowest BCUT2D eigenvalue weighted by molar-refractivity contribution is -0.125. The smallest absolute Gasteiger partial charge is 0.243 e. The molecule has 2 aromatic carbocycles. The Kier molecular flexibility index (Phi) is 6.70. The van der Waals surface area contributed by atoms with Crippen molar-refractivity contribution in [2.45, 2.75) is 46.1 Å². The van der Waals surface area contributed by atoms with E-state index in [1.165, 1.54) is 16.7 Å². The van der Waals surface area contributed by atoms with Crippen molar-refractivity contribution < 1.29 is 9.59 Å². The van der Waals surface area contributed by atoms with Crippen LogP contribution in [0.15, 0.2) is 36.4 Å². The number of hydrogen-bond acceptors (Lipinski definition) is 3. The van der Waals surface area contributed by atoms with Crippen LogP contribution in [-0.4, -0.2) is 36.9 Å². The average molecular weight is 394 g/mol. The third-order valence-electron chi connectivity index (χ3n) is 5.65. The molecule has 154 valence electrons. The molecule has 1 aliphatic rings. The first kappa shape index (κ1) is 21.1. The summed E-state index contributed by atoms with van der Waals surface area (Å²) in [5.74, 6) is -0.345. The van der Waals surface area contributed by atoms with E-state index in [9.17, 15) is 9.59 Å². The Morgan fingerprint density at radius 1 is 1.07 bits per heavy atom. The molecule has 1 aliphatic carbocycles. The molecule has 0 aromatic heterocycles. The van der Waals surface area contributed by atoms with E-state index in [-0.39, 0.29) is 30.9 Å². The third-order valence-corrected chi connectivity index (χ3v) is 5.65. The number of aryl methyl sites for hydroxylation is 4. The molecule has 2 amide bonds. The first-order valence-corrected chi connectivity index (χ1v) is 10.3. The Labute approximate surface area is 173 Å². The van der Waals surface area contributed by atoms with Crippen LogP contribution in [0.5, 0.6) is 0 Å². The Balaban J connectivity index is 1.52. The summed E-state index contributed by atoms with van der Waals surface area (Å²) >= 11 is 0. The normalized spacial score (nSPS) is 15.7. The van der Waals surface area contributed by atoms with Crippen LogP contribution in [0, 0.1) is 20.8 Å². The average Bonchev–Trinajstić information content (AvgIpc) is 2.68. The number of carbonyl (C=O) groups is 2. The number of nitrogens with one attached hydrogen (secondary N) is 2. The number of nitrogens with zero attached hydrogens (tertiary/aromatic N) is 1. The van der Waals surface area contributed by atoms with E-state index in [0.29, 0.717) is 0 Å². The fraction of sp³-hybridized carbons (Fsp3) is 0.417. The number of carbonyl (C=O) groups excluding carboxylic acids is 2. The molecule has 29 heavy (non-hydrogen) atoms. The van der Waals surface area contributed by atoms with Gasteiger partial charge < -0.3 is 10.6 Å². The zero-order chi connectivity index (χ0) is 21.0. The fourth-order valence-corrected chi connectivity index (χ4v) is 4.32. The number of hydrogen-bond donors (Lipinski definition) is 2. The maximum Gasteiger partial charge on any atom is 0.243 e. The van der Waals surface area contributed by atoms with Crippen LogP contribution in [0.1, 0.15) is 46.7 Å². The predicted octanol–water partition coefficient (Wildman–Crippen LogP) is 3.68. The molecule has 2 N–H and O–H groups in total. The predicted molar refractivity (Wildman–Crippen MR) is 117 cm³/mol. The molecule has 1 atom stereocenters. The van der Waals surface area contributed by atoms with Crippen molar-refractivity contribution in [1.82, 2.24) is 10.2 Å².